The van der Waals surface area contributed by atoms with E-state index in [1.165, 1.54) is 0 Å². The zero-order valence-electron chi connectivity index (χ0n) is 12.0. The van der Waals surface area contributed by atoms with Crippen LogP contribution in [0.2, 0.25) is 0 Å². The Morgan fingerprint density at radius 3 is 2.47 bits per heavy atom. The van der Waals surface area contributed by atoms with Crippen LogP contribution in [0.25, 0.3) is 0 Å². The van der Waals surface area contributed by atoms with E-state index in [0.717, 1.165) is 16.8 Å². The van der Waals surface area contributed by atoms with Crippen molar-refractivity contribution in [3.63, 3.8) is 0 Å². The molecule has 1 heteroatoms. The van der Waals surface area contributed by atoms with Crippen molar-refractivity contribution in [2.75, 3.05) is 7.05 Å². The molecule has 0 heterocycles. The highest BCUT2D eigenvalue weighted by Crippen LogP contribution is 2.11. The van der Waals surface area contributed by atoms with Crippen LogP contribution < -0.4 is 0 Å². The lowest BCUT2D eigenvalue weighted by Gasteiger charge is -2.08. The molecule has 0 aliphatic heterocycles. The van der Waals surface area contributed by atoms with Crippen molar-refractivity contribution in [2.45, 2.75) is 20.8 Å². The van der Waals surface area contributed by atoms with Gasteiger partial charge in [-0.2, -0.15) is 0 Å². The van der Waals surface area contributed by atoms with E-state index in [9.17, 15) is 0 Å². The Bertz CT molecular complexity index is 583. The van der Waals surface area contributed by atoms with E-state index in [2.05, 4.69) is 35.6 Å². The summed E-state index contributed by atoms with van der Waals surface area (Å²) >= 11 is 0. The summed E-state index contributed by atoms with van der Waals surface area (Å²) in [6, 6.07) is 9.93. The van der Waals surface area contributed by atoms with Gasteiger partial charge in [-0.05, 0) is 44.4 Å². The Balaban J connectivity index is 3.02. The molecule has 0 spiro atoms. The van der Waals surface area contributed by atoms with Crippen LogP contribution in [0.1, 0.15) is 26.3 Å². The quantitative estimate of drug-likeness (QED) is 0.559. The number of benzene rings is 1. The van der Waals surface area contributed by atoms with Crippen LogP contribution in [0.5, 0.6) is 0 Å². The maximum absolute atomic E-state index is 4.28. The third kappa shape index (κ3) is 4.49. The van der Waals surface area contributed by atoms with E-state index in [4.69, 9.17) is 0 Å². The molecule has 1 nitrogen and oxygen atoms in total. The minimum atomic E-state index is 0.152. The number of nitrogens with zero attached hydrogens (tertiary/aromatic N) is 1. The molecule has 96 valence electrons. The molecule has 19 heavy (non-hydrogen) atoms. The number of aliphatic imine (C=N–C) groups is 1. The third-order valence-electron chi connectivity index (χ3n) is 2.73. The zero-order chi connectivity index (χ0) is 14.1. The van der Waals surface area contributed by atoms with E-state index < -0.39 is 0 Å². The normalized spacial score (nSPS) is 12.8. The third-order valence-corrected chi connectivity index (χ3v) is 2.73. The topological polar surface area (TPSA) is 12.4 Å². The molecule has 1 rings (SSSR count). The van der Waals surface area contributed by atoms with E-state index in [-0.39, 0.29) is 5.92 Å². The first-order chi connectivity index (χ1) is 9.22. The van der Waals surface area contributed by atoms with Gasteiger partial charge in [0.15, 0.2) is 0 Å². The van der Waals surface area contributed by atoms with Gasteiger partial charge in [0, 0.05) is 18.5 Å². The molecular weight excluding hydrogens is 230 g/mol. The smallest absolute Gasteiger partial charge is 0.111 e. The van der Waals surface area contributed by atoms with Crippen molar-refractivity contribution >= 4 is 5.71 Å². The molecule has 0 aliphatic rings. The maximum Gasteiger partial charge on any atom is 0.111 e. The number of hydrogen-bond acceptors (Lipinski definition) is 1. The Labute approximate surface area is 116 Å². The van der Waals surface area contributed by atoms with E-state index in [0.29, 0.717) is 0 Å². The van der Waals surface area contributed by atoms with E-state index >= 15 is 0 Å². The second kappa shape index (κ2) is 7.96. The molecule has 0 saturated carbocycles. The lowest BCUT2D eigenvalue weighted by Crippen LogP contribution is -2.08. The molecule has 1 aromatic rings. The van der Waals surface area contributed by atoms with Crippen molar-refractivity contribution in [3.05, 3.63) is 47.5 Å². The van der Waals surface area contributed by atoms with E-state index in [1.807, 2.05) is 50.3 Å². The van der Waals surface area contributed by atoms with Crippen LogP contribution in [0.3, 0.4) is 0 Å². The molecule has 0 N–H and O–H groups in total. The second-order valence-corrected chi connectivity index (χ2v) is 4.05. The molecule has 0 radical (unpaired) electrons. The summed E-state index contributed by atoms with van der Waals surface area (Å²) < 4.78 is 0. The standard InChI is InChI=1S/C18H19N/c1-5-10-15(3)17(6-2)18(19-4)14-13-16-11-8-7-9-12-16/h6-9,11-12,15H,1-4H3/b17-6-,19-18?. The highest BCUT2D eigenvalue weighted by Gasteiger charge is 2.09. The minimum Gasteiger partial charge on any atom is -0.279 e. The van der Waals surface area contributed by atoms with Crippen LogP contribution in [-0.2, 0) is 0 Å². The van der Waals surface area contributed by atoms with Crippen molar-refractivity contribution in [1.29, 1.82) is 0 Å². The summed E-state index contributed by atoms with van der Waals surface area (Å²) in [5.74, 6) is 12.5. The summed E-state index contributed by atoms with van der Waals surface area (Å²) in [6.07, 6.45) is 2.04. The first-order valence-corrected chi connectivity index (χ1v) is 6.35. The SMILES string of the molecule is CC#CC(C)/C(=C/C)C(C#Cc1ccccc1)=NC. The van der Waals surface area contributed by atoms with Crippen LogP contribution in [0, 0.1) is 29.6 Å². The van der Waals surface area contributed by atoms with Gasteiger partial charge in [0.25, 0.3) is 0 Å². The van der Waals surface area contributed by atoms with Crippen LogP contribution >= 0.6 is 0 Å². The van der Waals surface area contributed by atoms with Gasteiger partial charge in [-0.15, -0.1) is 5.92 Å². The van der Waals surface area contributed by atoms with Crippen molar-refractivity contribution < 1.29 is 0 Å². The number of hydrogen-bond donors (Lipinski definition) is 0. The summed E-state index contributed by atoms with van der Waals surface area (Å²) in [6.45, 7) is 5.92. The predicted molar refractivity (Wildman–Crippen MR) is 83.1 cm³/mol. The maximum atomic E-state index is 4.28. The molecule has 0 amide bonds. The van der Waals surface area contributed by atoms with Crippen LogP contribution in [0.15, 0.2) is 47.0 Å². The molecule has 0 aliphatic carbocycles. The summed E-state index contributed by atoms with van der Waals surface area (Å²) in [4.78, 5) is 4.28. The van der Waals surface area contributed by atoms with Gasteiger partial charge < -0.3 is 0 Å². The first kappa shape index (κ1) is 14.8. The Hall–Kier alpha value is -2.25. The highest BCUT2D eigenvalue weighted by molar-refractivity contribution is 6.13. The van der Waals surface area contributed by atoms with Crippen molar-refractivity contribution in [2.24, 2.45) is 10.9 Å². The Kier molecular flexibility index (Phi) is 6.20. The van der Waals surface area contributed by atoms with Crippen LogP contribution in [0.4, 0.5) is 0 Å². The average molecular weight is 249 g/mol. The fourth-order valence-electron chi connectivity index (χ4n) is 1.80. The fraction of sp³-hybridized carbons (Fsp3) is 0.278. The molecule has 1 atom stereocenters. The largest absolute Gasteiger partial charge is 0.279 e. The highest BCUT2D eigenvalue weighted by atomic mass is 14.7. The predicted octanol–water partition coefficient (Wildman–Crippen LogP) is 3.71. The molecule has 0 bridgehead atoms. The van der Waals surface area contributed by atoms with Gasteiger partial charge in [-0.25, -0.2) is 0 Å². The molecule has 0 saturated heterocycles. The van der Waals surface area contributed by atoms with Crippen LogP contribution in [-0.4, -0.2) is 12.8 Å². The number of rotatable bonds is 2. The second-order valence-electron chi connectivity index (χ2n) is 4.05. The van der Waals surface area contributed by atoms with E-state index in [1.54, 1.807) is 7.05 Å². The van der Waals surface area contributed by atoms with Crippen molar-refractivity contribution in [1.82, 2.24) is 0 Å². The van der Waals surface area contributed by atoms with Gasteiger partial charge in [0.05, 0.1) is 0 Å². The summed E-state index contributed by atoms with van der Waals surface area (Å²) in [5, 5.41) is 0. The zero-order valence-corrected chi connectivity index (χ0v) is 12.0. The van der Waals surface area contributed by atoms with Gasteiger partial charge in [-0.3, -0.25) is 4.99 Å². The van der Waals surface area contributed by atoms with Gasteiger partial charge in [-0.1, -0.05) is 36.1 Å². The van der Waals surface area contributed by atoms with Gasteiger partial charge in [0.1, 0.15) is 5.71 Å². The summed E-state index contributed by atoms with van der Waals surface area (Å²) in [7, 11) is 1.77. The number of allylic oxidation sites excluding steroid dienone is 2. The minimum absolute atomic E-state index is 0.152. The monoisotopic (exact) mass is 249 g/mol. The lowest BCUT2D eigenvalue weighted by molar-refractivity contribution is 0.939. The van der Waals surface area contributed by atoms with Crippen molar-refractivity contribution in [3.8, 4) is 23.7 Å². The molecule has 0 fully saturated rings. The lowest BCUT2D eigenvalue weighted by atomic mass is 9.96. The Morgan fingerprint density at radius 2 is 1.95 bits per heavy atom. The first-order valence-electron chi connectivity index (χ1n) is 6.35. The Morgan fingerprint density at radius 1 is 1.26 bits per heavy atom. The van der Waals surface area contributed by atoms with Gasteiger partial charge >= 0.3 is 0 Å². The fourth-order valence-corrected chi connectivity index (χ4v) is 1.80. The molecular formula is C18H19N. The van der Waals surface area contributed by atoms with Gasteiger partial charge in [0.2, 0.25) is 0 Å². The summed E-state index contributed by atoms with van der Waals surface area (Å²) in [5.41, 5.74) is 2.88. The average Bonchev–Trinajstić information content (AvgIpc) is 2.44. The molecule has 1 unspecified atom stereocenters. The molecule has 1 aromatic carbocycles. The molecule has 0 aromatic heterocycles.